The van der Waals surface area contributed by atoms with Gasteiger partial charge in [0.25, 0.3) is 0 Å². The van der Waals surface area contributed by atoms with Gasteiger partial charge >= 0.3 is 0 Å². The Hall–Kier alpha value is -3.57. The first kappa shape index (κ1) is 16.9. The van der Waals surface area contributed by atoms with Crippen molar-refractivity contribution in [2.24, 2.45) is 0 Å². The van der Waals surface area contributed by atoms with Crippen molar-refractivity contribution in [1.29, 1.82) is 5.26 Å². The standard InChI is InChI=1S/C25H20N2/c1-19-12-14-22(15-13-19)25-23(17-26)16-24(21-10-6-3-7-11-21)27(25)18-20-8-4-2-5-9-20/h2-16H,18H2,1H3. The van der Waals surface area contributed by atoms with Gasteiger partial charge in [-0.3, -0.25) is 0 Å². The van der Waals surface area contributed by atoms with Gasteiger partial charge in [-0.05, 0) is 29.7 Å². The van der Waals surface area contributed by atoms with Gasteiger partial charge in [-0.25, -0.2) is 0 Å². The fraction of sp³-hybridized carbons (Fsp3) is 0.0800. The van der Waals surface area contributed by atoms with E-state index in [1.54, 1.807) is 0 Å². The van der Waals surface area contributed by atoms with E-state index in [0.29, 0.717) is 5.56 Å². The van der Waals surface area contributed by atoms with Crippen molar-refractivity contribution in [3.8, 4) is 28.6 Å². The summed E-state index contributed by atoms with van der Waals surface area (Å²) in [5.41, 5.74) is 7.34. The first-order chi connectivity index (χ1) is 13.3. The largest absolute Gasteiger partial charge is 0.335 e. The molecule has 0 spiro atoms. The fourth-order valence-electron chi connectivity index (χ4n) is 3.44. The highest BCUT2D eigenvalue weighted by atomic mass is 15.0. The molecule has 27 heavy (non-hydrogen) atoms. The van der Waals surface area contributed by atoms with E-state index in [1.807, 2.05) is 30.3 Å². The van der Waals surface area contributed by atoms with Crippen LogP contribution < -0.4 is 0 Å². The van der Waals surface area contributed by atoms with E-state index in [9.17, 15) is 5.26 Å². The number of hydrogen-bond donors (Lipinski definition) is 0. The number of benzene rings is 3. The predicted octanol–water partition coefficient (Wildman–Crippen LogP) is 6.05. The first-order valence-electron chi connectivity index (χ1n) is 9.06. The molecule has 0 bridgehead atoms. The minimum absolute atomic E-state index is 0.702. The van der Waals surface area contributed by atoms with Crippen LogP contribution in [0.4, 0.5) is 0 Å². The molecule has 130 valence electrons. The molecule has 0 radical (unpaired) electrons. The van der Waals surface area contributed by atoms with Gasteiger partial charge < -0.3 is 4.57 Å². The van der Waals surface area contributed by atoms with Crippen molar-refractivity contribution in [2.75, 3.05) is 0 Å². The Morgan fingerprint density at radius 2 is 1.41 bits per heavy atom. The van der Waals surface area contributed by atoms with E-state index in [4.69, 9.17) is 0 Å². The zero-order valence-corrected chi connectivity index (χ0v) is 15.3. The van der Waals surface area contributed by atoms with Gasteiger partial charge in [0.05, 0.1) is 17.0 Å². The van der Waals surface area contributed by atoms with Crippen LogP contribution in [0.5, 0.6) is 0 Å². The maximum atomic E-state index is 9.82. The van der Waals surface area contributed by atoms with Crippen molar-refractivity contribution < 1.29 is 0 Å². The number of rotatable bonds is 4. The SMILES string of the molecule is Cc1ccc(-c2c(C#N)cc(-c3ccccc3)n2Cc2ccccc2)cc1. The van der Waals surface area contributed by atoms with Crippen molar-refractivity contribution >= 4 is 0 Å². The molecule has 0 saturated heterocycles. The summed E-state index contributed by atoms with van der Waals surface area (Å²) < 4.78 is 2.26. The zero-order chi connectivity index (χ0) is 18.6. The van der Waals surface area contributed by atoms with Gasteiger partial charge in [0.2, 0.25) is 0 Å². The maximum Gasteiger partial charge on any atom is 0.101 e. The van der Waals surface area contributed by atoms with E-state index >= 15 is 0 Å². The normalized spacial score (nSPS) is 10.5. The Bertz CT molecular complexity index is 1080. The lowest BCUT2D eigenvalue weighted by Crippen LogP contribution is -2.04. The Morgan fingerprint density at radius 3 is 2.04 bits per heavy atom. The van der Waals surface area contributed by atoms with Gasteiger partial charge in [-0.15, -0.1) is 0 Å². The lowest BCUT2D eigenvalue weighted by molar-refractivity contribution is 0.821. The second-order valence-corrected chi connectivity index (χ2v) is 6.71. The van der Waals surface area contributed by atoms with Crippen LogP contribution in [0.3, 0.4) is 0 Å². The number of hydrogen-bond acceptors (Lipinski definition) is 1. The second kappa shape index (κ2) is 7.35. The summed E-state index contributed by atoms with van der Waals surface area (Å²) in [7, 11) is 0. The molecule has 0 saturated carbocycles. The van der Waals surface area contributed by atoms with Crippen LogP contribution in [0.2, 0.25) is 0 Å². The summed E-state index contributed by atoms with van der Waals surface area (Å²) in [6, 6.07) is 33.5. The molecular weight excluding hydrogens is 328 g/mol. The van der Waals surface area contributed by atoms with Crippen LogP contribution in [-0.4, -0.2) is 4.57 Å². The Balaban J connectivity index is 1.95. The molecular formula is C25H20N2. The molecule has 0 amide bonds. The van der Waals surface area contributed by atoms with Crippen LogP contribution >= 0.6 is 0 Å². The Morgan fingerprint density at radius 1 is 0.778 bits per heavy atom. The van der Waals surface area contributed by atoms with Gasteiger partial charge in [0.1, 0.15) is 6.07 Å². The molecule has 4 aromatic rings. The molecule has 1 heterocycles. The van der Waals surface area contributed by atoms with Gasteiger partial charge in [0, 0.05) is 6.54 Å². The summed E-state index contributed by atoms with van der Waals surface area (Å²) in [5.74, 6) is 0. The maximum absolute atomic E-state index is 9.82. The minimum atomic E-state index is 0.702. The first-order valence-corrected chi connectivity index (χ1v) is 9.06. The van der Waals surface area contributed by atoms with Gasteiger partial charge in [0.15, 0.2) is 0 Å². The van der Waals surface area contributed by atoms with Crippen LogP contribution in [-0.2, 0) is 6.54 Å². The van der Waals surface area contributed by atoms with E-state index in [2.05, 4.69) is 78.2 Å². The summed E-state index contributed by atoms with van der Waals surface area (Å²) in [6.07, 6.45) is 0. The topological polar surface area (TPSA) is 28.7 Å². The van der Waals surface area contributed by atoms with Crippen molar-refractivity contribution in [2.45, 2.75) is 13.5 Å². The third kappa shape index (κ3) is 3.41. The van der Waals surface area contributed by atoms with Crippen molar-refractivity contribution in [3.63, 3.8) is 0 Å². The smallest absolute Gasteiger partial charge is 0.101 e. The highest BCUT2D eigenvalue weighted by molar-refractivity contribution is 5.76. The third-order valence-electron chi connectivity index (χ3n) is 4.80. The van der Waals surface area contributed by atoms with Crippen molar-refractivity contribution in [3.05, 3.63) is 108 Å². The molecule has 0 N–H and O–H groups in total. The third-order valence-corrected chi connectivity index (χ3v) is 4.80. The van der Waals surface area contributed by atoms with Gasteiger partial charge in [-0.2, -0.15) is 5.26 Å². The quantitative estimate of drug-likeness (QED) is 0.441. The summed E-state index contributed by atoms with van der Waals surface area (Å²) in [5, 5.41) is 9.82. The Labute approximate surface area is 160 Å². The van der Waals surface area contributed by atoms with Crippen LogP contribution in [0, 0.1) is 18.3 Å². The molecule has 1 aromatic heterocycles. The molecule has 0 unspecified atom stereocenters. The summed E-state index contributed by atoms with van der Waals surface area (Å²) >= 11 is 0. The molecule has 0 atom stereocenters. The number of aromatic nitrogens is 1. The molecule has 0 aliphatic carbocycles. The monoisotopic (exact) mass is 348 g/mol. The predicted molar refractivity (Wildman–Crippen MR) is 110 cm³/mol. The molecule has 0 aliphatic heterocycles. The summed E-state index contributed by atoms with van der Waals surface area (Å²) in [6.45, 7) is 2.79. The van der Waals surface area contributed by atoms with Crippen LogP contribution in [0.25, 0.3) is 22.5 Å². The number of nitrogens with zero attached hydrogens (tertiary/aromatic N) is 2. The molecule has 0 fully saturated rings. The van der Waals surface area contributed by atoms with Crippen LogP contribution in [0.15, 0.2) is 91.0 Å². The fourth-order valence-corrected chi connectivity index (χ4v) is 3.44. The molecule has 3 aromatic carbocycles. The average molecular weight is 348 g/mol. The highest BCUT2D eigenvalue weighted by Gasteiger charge is 2.18. The molecule has 0 aliphatic rings. The number of aryl methyl sites for hydroxylation is 1. The number of nitriles is 1. The molecule has 2 heteroatoms. The van der Waals surface area contributed by atoms with Gasteiger partial charge in [-0.1, -0.05) is 90.5 Å². The summed E-state index contributed by atoms with van der Waals surface area (Å²) in [4.78, 5) is 0. The zero-order valence-electron chi connectivity index (χ0n) is 15.3. The average Bonchev–Trinajstić information content (AvgIpc) is 3.08. The van der Waals surface area contributed by atoms with Crippen molar-refractivity contribution in [1.82, 2.24) is 4.57 Å². The molecule has 4 rings (SSSR count). The minimum Gasteiger partial charge on any atom is -0.335 e. The van der Waals surface area contributed by atoms with E-state index in [1.165, 1.54) is 11.1 Å². The van der Waals surface area contributed by atoms with E-state index in [0.717, 1.165) is 29.1 Å². The second-order valence-electron chi connectivity index (χ2n) is 6.71. The molecule has 2 nitrogen and oxygen atoms in total. The van der Waals surface area contributed by atoms with E-state index < -0.39 is 0 Å². The Kier molecular flexibility index (Phi) is 4.60. The van der Waals surface area contributed by atoms with Crippen LogP contribution in [0.1, 0.15) is 16.7 Å². The van der Waals surface area contributed by atoms with E-state index in [-0.39, 0.29) is 0 Å². The lowest BCUT2D eigenvalue weighted by Gasteiger charge is -2.15. The highest BCUT2D eigenvalue weighted by Crippen LogP contribution is 2.33. The lowest BCUT2D eigenvalue weighted by atomic mass is 10.1.